The van der Waals surface area contributed by atoms with Crippen molar-refractivity contribution in [3.05, 3.63) is 115 Å². The second kappa shape index (κ2) is 8.07. The fourth-order valence-corrected chi connectivity index (χ4v) is 4.86. The number of aromatic nitrogens is 2. The maximum atomic E-state index is 10.3. The van der Waals surface area contributed by atoms with Crippen LogP contribution in [0.1, 0.15) is 0 Å². The van der Waals surface area contributed by atoms with Crippen molar-refractivity contribution in [2.24, 2.45) is 0 Å². The predicted octanol–water partition coefficient (Wildman–Crippen LogP) is 8.24. The van der Waals surface area contributed by atoms with E-state index in [-0.39, 0.29) is 5.75 Å². The van der Waals surface area contributed by atoms with E-state index in [0.717, 1.165) is 49.4 Å². The zero-order valence-corrected chi connectivity index (χ0v) is 19.2. The van der Waals surface area contributed by atoms with Gasteiger partial charge in [0.15, 0.2) is 5.58 Å². The quantitative estimate of drug-likeness (QED) is 0.286. The van der Waals surface area contributed by atoms with Crippen LogP contribution in [0.3, 0.4) is 0 Å². The first-order chi connectivity index (χ1) is 17.7. The lowest BCUT2D eigenvalue weighted by molar-refractivity contribution is 0.474. The summed E-state index contributed by atoms with van der Waals surface area (Å²) in [5.41, 5.74) is 5.98. The van der Waals surface area contributed by atoms with Crippen LogP contribution in [0, 0.1) is 0 Å². The van der Waals surface area contributed by atoms with Gasteiger partial charge in [-0.25, -0.2) is 4.98 Å². The third kappa shape index (κ3) is 3.31. The summed E-state index contributed by atoms with van der Waals surface area (Å²) in [4.78, 5) is 9.60. The van der Waals surface area contributed by atoms with Gasteiger partial charge in [-0.3, -0.25) is 4.98 Å². The van der Waals surface area contributed by atoms with Gasteiger partial charge in [0.2, 0.25) is 5.89 Å². The summed E-state index contributed by atoms with van der Waals surface area (Å²) in [6, 6.07) is 36.2. The van der Waals surface area contributed by atoms with Gasteiger partial charge in [-0.15, -0.1) is 0 Å². The van der Waals surface area contributed by atoms with E-state index >= 15 is 0 Å². The van der Waals surface area contributed by atoms with Gasteiger partial charge >= 0.3 is 0 Å². The Labute approximate surface area is 207 Å². The number of nitrogens with zero attached hydrogens (tertiary/aromatic N) is 2. The van der Waals surface area contributed by atoms with Crippen molar-refractivity contribution in [2.45, 2.75) is 0 Å². The summed E-state index contributed by atoms with van der Waals surface area (Å²) in [5.74, 6) is 0.535. The van der Waals surface area contributed by atoms with Crippen molar-refractivity contribution in [3.8, 4) is 39.6 Å². The number of fused-ring (bicyclic) bond motifs is 3. The van der Waals surface area contributed by atoms with E-state index in [9.17, 15) is 5.11 Å². The summed E-state index contributed by atoms with van der Waals surface area (Å²) in [6.07, 6.45) is 1.93. The zero-order valence-electron chi connectivity index (χ0n) is 19.2. The summed E-state index contributed by atoms with van der Waals surface area (Å²) in [6.45, 7) is 0. The second-order valence-electron chi connectivity index (χ2n) is 8.85. The number of benzene rings is 5. The lowest BCUT2D eigenvalue weighted by atomic mass is 9.93. The van der Waals surface area contributed by atoms with E-state index in [4.69, 9.17) is 14.4 Å². The highest BCUT2D eigenvalue weighted by Gasteiger charge is 2.17. The first-order valence-electron chi connectivity index (χ1n) is 11.8. The molecule has 4 heteroatoms. The lowest BCUT2D eigenvalue weighted by Crippen LogP contribution is -1.89. The molecule has 170 valence electrons. The minimum Gasteiger partial charge on any atom is -0.507 e. The Morgan fingerprint density at radius 2 is 1.36 bits per heavy atom. The maximum absolute atomic E-state index is 10.3. The zero-order chi connectivity index (χ0) is 24.1. The number of hydrogen-bond acceptors (Lipinski definition) is 4. The van der Waals surface area contributed by atoms with Crippen molar-refractivity contribution < 1.29 is 9.52 Å². The summed E-state index contributed by atoms with van der Waals surface area (Å²) >= 11 is 0. The molecule has 0 saturated carbocycles. The Kier molecular flexibility index (Phi) is 4.57. The highest BCUT2D eigenvalue weighted by atomic mass is 16.3. The van der Waals surface area contributed by atoms with E-state index in [0.29, 0.717) is 17.0 Å². The number of hydrogen-bond donors (Lipinski definition) is 1. The topological polar surface area (TPSA) is 59.2 Å². The van der Waals surface area contributed by atoms with E-state index < -0.39 is 0 Å². The van der Waals surface area contributed by atoms with Crippen LogP contribution >= 0.6 is 0 Å². The normalized spacial score (nSPS) is 11.4. The van der Waals surface area contributed by atoms with Crippen LogP contribution in [0.25, 0.3) is 66.5 Å². The molecule has 0 aliphatic rings. The molecule has 0 atom stereocenters. The molecule has 36 heavy (non-hydrogen) atoms. The molecular weight excluding hydrogens is 444 g/mol. The largest absolute Gasteiger partial charge is 0.507 e. The minimum absolute atomic E-state index is 0.139. The molecule has 0 amide bonds. The van der Waals surface area contributed by atoms with Crippen LogP contribution in [0.15, 0.2) is 120 Å². The van der Waals surface area contributed by atoms with Crippen molar-refractivity contribution >= 4 is 32.6 Å². The molecule has 0 bridgehead atoms. The fraction of sp³-hybridized carbons (Fsp3) is 0. The van der Waals surface area contributed by atoms with Crippen LogP contribution < -0.4 is 0 Å². The smallest absolute Gasteiger partial charge is 0.231 e. The molecule has 2 heterocycles. The molecule has 0 aliphatic heterocycles. The van der Waals surface area contributed by atoms with Crippen molar-refractivity contribution in [2.75, 3.05) is 0 Å². The average molecular weight is 465 g/mol. The van der Waals surface area contributed by atoms with Gasteiger partial charge in [-0.05, 0) is 58.1 Å². The van der Waals surface area contributed by atoms with E-state index in [1.807, 2.05) is 36.5 Å². The van der Waals surface area contributed by atoms with E-state index in [1.165, 1.54) is 0 Å². The molecule has 2 aromatic heterocycles. The summed E-state index contributed by atoms with van der Waals surface area (Å²) in [7, 11) is 0. The standard InChI is InChI=1S/C32H20N2O2/c35-29-14-6-5-12-26(29)32-34-31-25(13-7-15-30(31)36-32)27-17-23(16-21-9-3-4-11-24(21)27)28-18-20-8-1-2-10-22(20)19-33-28/h1-19,35H. The first-order valence-corrected chi connectivity index (χ1v) is 11.8. The van der Waals surface area contributed by atoms with Crippen LogP contribution in [0.2, 0.25) is 0 Å². The molecule has 4 nitrogen and oxygen atoms in total. The van der Waals surface area contributed by atoms with Crippen LogP contribution in [0.4, 0.5) is 0 Å². The van der Waals surface area contributed by atoms with Gasteiger partial charge in [0.25, 0.3) is 0 Å². The van der Waals surface area contributed by atoms with Crippen LogP contribution in [-0.4, -0.2) is 15.1 Å². The van der Waals surface area contributed by atoms with Gasteiger partial charge in [0, 0.05) is 22.7 Å². The van der Waals surface area contributed by atoms with Gasteiger partial charge in [0.05, 0.1) is 11.3 Å². The molecule has 7 aromatic rings. The molecule has 0 saturated heterocycles. The Hall–Kier alpha value is -4.96. The van der Waals surface area contributed by atoms with Gasteiger partial charge in [-0.1, -0.05) is 72.8 Å². The predicted molar refractivity (Wildman–Crippen MR) is 145 cm³/mol. The monoisotopic (exact) mass is 464 g/mol. The van der Waals surface area contributed by atoms with Crippen LogP contribution in [-0.2, 0) is 0 Å². The molecule has 1 N–H and O–H groups in total. The maximum Gasteiger partial charge on any atom is 0.231 e. The van der Waals surface area contributed by atoms with Gasteiger partial charge < -0.3 is 9.52 Å². The third-order valence-electron chi connectivity index (χ3n) is 6.63. The molecule has 0 spiro atoms. The highest BCUT2D eigenvalue weighted by Crippen LogP contribution is 2.39. The van der Waals surface area contributed by atoms with Crippen molar-refractivity contribution in [1.29, 1.82) is 0 Å². The molecule has 0 fully saturated rings. The number of oxazole rings is 1. The first kappa shape index (κ1) is 20.4. The van der Waals surface area contributed by atoms with E-state index in [1.54, 1.807) is 18.2 Å². The fourth-order valence-electron chi connectivity index (χ4n) is 4.86. The number of rotatable bonds is 3. The number of phenolic OH excluding ortho intramolecular Hbond substituents is 1. The number of phenols is 1. The molecule has 0 unspecified atom stereocenters. The Balaban J connectivity index is 1.47. The SMILES string of the molecule is Oc1ccccc1-c1nc2c(-c3cc(-c4cc5ccccc5cn4)cc4ccccc34)cccc2o1. The van der Waals surface area contributed by atoms with Crippen molar-refractivity contribution in [3.63, 3.8) is 0 Å². The second-order valence-corrected chi connectivity index (χ2v) is 8.85. The summed E-state index contributed by atoms with van der Waals surface area (Å²) < 4.78 is 6.09. The molecule has 0 radical (unpaired) electrons. The molecule has 0 aliphatic carbocycles. The minimum atomic E-state index is 0.139. The van der Waals surface area contributed by atoms with Crippen LogP contribution in [0.5, 0.6) is 5.75 Å². The number of aromatic hydroxyl groups is 1. The van der Waals surface area contributed by atoms with Gasteiger partial charge in [-0.2, -0.15) is 0 Å². The highest BCUT2D eigenvalue weighted by molar-refractivity contribution is 6.05. The number of para-hydroxylation sites is 2. The van der Waals surface area contributed by atoms with Gasteiger partial charge in [0.1, 0.15) is 11.3 Å². The molecule has 5 aromatic carbocycles. The number of pyridine rings is 1. The van der Waals surface area contributed by atoms with Crippen molar-refractivity contribution in [1.82, 2.24) is 9.97 Å². The lowest BCUT2D eigenvalue weighted by Gasteiger charge is -2.11. The molecular formula is C32H20N2O2. The average Bonchev–Trinajstić information content (AvgIpc) is 3.37. The Bertz CT molecular complexity index is 1920. The molecule has 7 rings (SSSR count). The van der Waals surface area contributed by atoms with E-state index in [2.05, 4.69) is 60.7 Å². The Morgan fingerprint density at radius 3 is 2.25 bits per heavy atom. The third-order valence-corrected chi connectivity index (χ3v) is 6.63. The Morgan fingerprint density at radius 1 is 0.611 bits per heavy atom. The summed E-state index contributed by atoms with van der Waals surface area (Å²) in [5, 5.41) is 14.9.